The molecule has 0 bridgehead atoms. The summed E-state index contributed by atoms with van der Waals surface area (Å²) >= 11 is 0. The zero-order valence-electron chi connectivity index (χ0n) is 8.49. The van der Waals surface area contributed by atoms with Gasteiger partial charge in [-0.1, -0.05) is 18.2 Å². The SMILES string of the molecule is Cc1cc(C)n(Cc2c[c]ccc2)n1. The summed E-state index contributed by atoms with van der Waals surface area (Å²) in [7, 11) is 0. The Morgan fingerprint density at radius 3 is 2.86 bits per heavy atom. The second-order valence-electron chi connectivity index (χ2n) is 3.50. The summed E-state index contributed by atoms with van der Waals surface area (Å²) in [6, 6.07) is 13.2. The first kappa shape index (κ1) is 9.00. The first-order chi connectivity index (χ1) is 6.75. The summed E-state index contributed by atoms with van der Waals surface area (Å²) in [6.45, 7) is 4.92. The molecule has 0 spiro atoms. The average molecular weight is 185 g/mol. The van der Waals surface area contributed by atoms with Gasteiger partial charge in [0.2, 0.25) is 0 Å². The van der Waals surface area contributed by atoms with E-state index < -0.39 is 0 Å². The quantitative estimate of drug-likeness (QED) is 0.702. The minimum atomic E-state index is 0.830. The molecule has 0 aliphatic heterocycles. The fourth-order valence-electron chi connectivity index (χ4n) is 1.54. The van der Waals surface area contributed by atoms with Crippen molar-refractivity contribution in [2.45, 2.75) is 20.4 Å². The highest BCUT2D eigenvalue weighted by atomic mass is 15.3. The molecule has 0 amide bonds. The molecule has 0 unspecified atom stereocenters. The van der Waals surface area contributed by atoms with Crippen molar-refractivity contribution in [2.24, 2.45) is 0 Å². The van der Waals surface area contributed by atoms with Crippen molar-refractivity contribution < 1.29 is 0 Å². The van der Waals surface area contributed by atoms with Gasteiger partial charge in [0.05, 0.1) is 12.2 Å². The molecule has 0 aliphatic rings. The van der Waals surface area contributed by atoms with Gasteiger partial charge in [-0.3, -0.25) is 4.68 Å². The van der Waals surface area contributed by atoms with E-state index >= 15 is 0 Å². The van der Waals surface area contributed by atoms with Crippen molar-refractivity contribution >= 4 is 0 Å². The van der Waals surface area contributed by atoms with Crippen molar-refractivity contribution in [3.8, 4) is 0 Å². The highest BCUT2D eigenvalue weighted by Crippen LogP contribution is 2.06. The van der Waals surface area contributed by atoms with E-state index in [0.29, 0.717) is 0 Å². The number of hydrogen-bond acceptors (Lipinski definition) is 1. The molecule has 0 saturated carbocycles. The molecule has 14 heavy (non-hydrogen) atoms. The standard InChI is InChI=1S/C12H13N2/c1-10-8-11(2)14(13-10)9-12-6-4-3-5-7-12/h3-4,6-8H,9H2,1-2H3. The van der Waals surface area contributed by atoms with Gasteiger partial charge < -0.3 is 0 Å². The molecule has 1 heterocycles. The Kier molecular flexibility index (Phi) is 2.35. The smallest absolute Gasteiger partial charge is 0.0662 e. The highest BCUT2D eigenvalue weighted by molar-refractivity contribution is 5.16. The Morgan fingerprint density at radius 1 is 1.43 bits per heavy atom. The van der Waals surface area contributed by atoms with E-state index in [1.165, 1.54) is 11.3 Å². The Morgan fingerprint density at radius 2 is 2.29 bits per heavy atom. The predicted octanol–water partition coefficient (Wildman–Crippen LogP) is 2.35. The van der Waals surface area contributed by atoms with Gasteiger partial charge in [-0.05, 0) is 37.6 Å². The van der Waals surface area contributed by atoms with Crippen molar-refractivity contribution in [1.82, 2.24) is 9.78 Å². The third kappa shape index (κ3) is 1.84. The van der Waals surface area contributed by atoms with Gasteiger partial charge in [0.15, 0.2) is 0 Å². The van der Waals surface area contributed by atoms with Gasteiger partial charge >= 0.3 is 0 Å². The summed E-state index contributed by atoms with van der Waals surface area (Å²) in [6.07, 6.45) is 0. The molecule has 2 heteroatoms. The third-order valence-electron chi connectivity index (χ3n) is 2.21. The number of rotatable bonds is 2. The molecule has 2 nitrogen and oxygen atoms in total. The van der Waals surface area contributed by atoms with Crippen molar-refractivity contribution in [1.29, 1.82) is 0 Å². The highest BCUT2D eigenvalue weighted by Gasteiger charge is 2.00. The molecular weight excluding hydrogens is 172 g/mol. The van der Waals surface area contributed by atoms with Crippen LogP contribution in [-0.2, 0) is 6.54 Å². The molecule has 2 aromatic rings. The van der Waals surface area contributed by atoms with Gasteiger partial charge in [-0.15, -0.1) is 0 Å². The summed E-state index contributed by atoms with van der Waals surface area (Å²) < 4.78 is 2.01. The minimum Gasteiger partial charge on any atom is -0.265 e. The molecule has 71 valence electrons. The lowest BCUT2D eigenvalue weighted by molar-refractivity contribution is 0.659. The van der Waals surface area contributed by atoms with Crippen LogP contribution in [0.1, 0.15) is 17.0 Å². The van der Waals surface area contributed by atoms with Crippen LogP contribution in [0.3, 0.4) is 0 Å². The summed E-state index contributed by atoms with van der Waals surface area (Å²) in [5, 5.41) is 4.41. The molecule has 2 rings (SSSR count). The number of nitrogens with zero attached hydrogens (tertiary/aromatic N) is 2. The van der Waals surface area contributed by atoms with Gasteiger partial charge in [-0.2, -0.15) is 5.10 Å². The largest absolute Gasteiger partial charge is 0.265 e. The Balaban J connectivity index is 2.23. The maximum atomic E-state index is 4.41. The van der Waals surface area contributed by atoms with Gasteiger partial charge in [0, 0.05) is 5.69 Å². The number of hydrogen-bond donors (Lipinski definition) is 0. The third-order valence-corrected chi connectivity index (χ3v) is 2.21. The molecule has 0 fully saturated rings. The molecule has 0 aliphatic carbocycles. The minimum absolute atomic E-state index is 0.830. The van der Waals surface area contributed by atoms with E-state index in [1.54, 1.807) is 0 Å². The van der Waals surface area contributed by atoms with Crippen LogP contribution in [0.15, 0.2) is 30.3 Å². The second kappa shape index (κ2) is 3.66. The van der Waals surface area contributed by atoms with Crippen molar-refractivity contribution in [2.75, 3.05) is 0 Å². The maximum Gasteiger partial charge on any atom is 0.0662 e. The zero-order chi connectivity index (χ0) is 9.97. The molecule has 0 saturated heterocycles. The monoisotopic (exact) mass is 185 g/mol. The number of aryl methyl sites for hydroxylation is 2. The average Bonchev–Trinajstić information content (AvgIpc) is 2.47. The maximum absolute atomic E-state index is 4.41. The normalized spacial score (nSPS) is 10.4. The first-order valence-electron chi connectivity index (χ1n) is 4.72. The van der Waals surface area contributed by atoms with Gasteiger partial charge in [-0.25, -0.2) is 0 Å². The van der Waals surface area contributed by atoms with Crippen LogP contribution in [0.25, 0.3) is 0 Å². The molecule has 0 N–H and O–H groups in total. The number of aromatic nitrogens is 2. The molecular formula is C12H13N2. The lowest BCUT2D eigenvalue weighted by Gasteiger charge is -2.03. The van der Waals surface area contributed by atoms with Crippen LogP contribution in [0, 0.1) is 19.9 Å². The Hall–Kier alpha value is -1.57. The summed E-state index contributed by atoms with van der Waals surface area (Å²) in [5.74, 6) is 0. The lowest BCUT2D eigenvalue weighted by atomic mass is 10.2. The fourth-order valence-corrected chi connectivity index (χ4v) is 1.54. The van der Waals surface area contributed by atoms with Crippen molar-refractivity contribution in [3.63, 3.8) is 0 Å². The lowest BCUT2D eigenvalue weighted by Crippen LogP contribution is -2.03. The summed E-state index contributed by atoms with van der Waals surface area (Å²) in [4.78, 5) is 0. The van der Waals surface area contributed by atoms with E-state index in [4.69, 9.17) is 0 Å². The molecule has 1 radical (unpaired) electrons. The Bertz CT molecular complexity index is 415. The fraction of sp³-hybridized carbons (Fsp3) is 0.250. The predicted molar refractivity (Wildman–Crippen MR) is 56.1 cm³/mol. The second-order valence-corrected chi connectivity index (χ2v) is 3.50. The first-order valence-corrected chi connectivity index (χ1v) is 4.72. The van der Waals surface area contributed by atoms with Crippen LogP contribution >= 0.6 is 0 Å². The van der Waals surface area contributed by atoms with Crippen LogP contribution in [0.5, 0.6) is 0 Å². The van der Waals surface area contributed by atoms with Crippen LogP contribution in [0.2, 0.25) is 0 Å². The number of benzene rings is 1. The summed E-state index contributed by atoms with van der Waals surface area (Å²) in [5.41, 5.74) is 3.51. The molecule has 0 atom stereocenters. The van der Waals surface area contributed by atoms with E-state index in [2.05, 4.69) is 30.2 Å². The van der Waals surface area contributed by atoms with Crippen molar-refractivity contribution in [3.05, 3.63) is 53.3 Å². The van der Waals surface area contributed by atoms with Gasteiger partial charge in [0.25, 0.3) is 0 Å². The van der Waals surface area contributed by atoms with Gasteiger partial charge in [0.1, 0.15) is 0 Å². The van der Waals surface area contributed by atoms with E-state index in [9.17, 15) is 0 Å². The van der Waals surface area contributed by atoms with Crippen LogP contribution in [0.4, 0.5) is 0 Å². The van der Waals surface area contributed by atoms with E-state index in [0.717, 1.165) is 12.2 Å². The molecule has 1 aromatic heterocycles. The topological polar surface area (TPSA) is 17.8 Å². The van der Waals surface area contributed by atoms with Crippen LogP contribution in [-0.4, -0.2) is 9.78 Å². The Labute approximate surface area is 84.2 Å². The zero-order valence-corrected chi connectivity index (χ0v) is 8.49. The molecule has 1 aromatic carbocycles. The van der Waals surface area contributed by atoms with E-state index in [1.807, 2.05) is 29.8 Å². The van der Waals surface area contributed by atoms with E-state index in [-0.39, 0.29) is 0 Å². The van der Waals surface area contributed by atoms with Crippen LogP contribution < -0.4 is 0 Å².